The van der Waals surface area contributed by atoms with Crippen molar-refractivity contribution in [2.24, 2.45) is 0 Å². The van der Waals surface area contributed by atoms with Gasteiger partial charge < -0.3 is 9.47 Å². The molecule has 4 aromatic rings. The molecule has 0 bridgehead atoms. The number of aryl methyl sites for hydroxylation is 1. The maximum atomic E-state index is 13.4. The highest BCUT2D eigenvalue weighted by Gasteiger charge is 2.43. The summed E-state index contributed by atoms with van der Waals surface area (Å²) in [5.41, 5.74) is 3.88. The number of pyridine rings is 1. The number of anilines is 1. The predicted octanol–water partition coefficient (Wildman–Crippen LogP) is 4.94. The molecule has 3 aromatic carbocycles. The van der Waals surface area contributed by atoms with Crippen LogP contribution in [0.25, 0.3) is 10.9 Å². The lowest BCUT2D eigenvalue weighted by Gasteiger charge is -2.25. The van der Waals surface area contributed by atoms with E-state index in [0.717, 1.165) is 22.2 Å². The summed E-state index contributed by atoms with van der Waals surface area (Å²) in [6, 6.07) is 22.8. The normalized spacial score (nSPS) is 16.2. The number of carbonyl (C=O) groups excluding carboxylic acids is 1. The van der Waals surface area contributed by atoms with Gasteiger partial charge >= 0.3 is 5.97 Å². The molecular formula is C27H24N2O5S. The number of aromatic nitrogens is 1. The predicted molar refractivity (Wildman–Crippen MR) is 133 cm³/mol. The van der Waals surface area contributed by atoms with E-state index in [1.807, 2.05) is 37.3 Å². The zero-order valence-corrected chi connectivity index (χ0v) is 20.2. The van der Waals surface area contributed by atoms with Crippen molar-refractivity contribution < 1.29 is 22.7 Å². The third-order valence-corrected chi connectivity index (χ3v) is 8.01. The van der Waals surface area contributed by atoms with Crippen LogP contribution in [0.2, 0.25) is 0 Å². The highest BCUT2D eigenvalue weighted by molar-refractivity contribution is 7.93. The highest BCUT2D eigenvalue weighted by Crippen LogP contribution is 2.44. The van der Waals surface area contributed by atoms with Crippen molar-refractivity contribution in [2.75, 3.05) is 11.4 Å². The second-order valence-electron chi connectivity index (χ2n) is 8.36. The van der Waals surface area contributed by atoms with Crippen LogP contribution in [0.5, 0.6) is 5.75 Å². The van der Waals surface area contributed by atoms with Crippen LogP contribution in [0.1, 0.15) is 29.3 Å². The van der Waals surface area contributed by atoms with E-state index in [4.69, 9.17) is 9.47 Å². The van der Waals surface area contributed by atoms with Crippen LogP contribution in [0.4, 0.5) is 5.69 Å². The summed E-state index contributed by atoms with van der Waals surface area (Å²) in [6.07, 6.45) is -0.0839. The van der Waals surface area contributed by atoms with Gasteiger partial charge in [-0.25, -0.2) is 8.42 Å². The fourth-order valence-corrected chi connectivity index (χ4v) is 6.39. The molecule has 0 spiro atoms. The Morgan fingerprint density at radius 1 is 1.00 bits per heavy atom. The van der Waals surface area contributed by atoms with E-state index >= 15 is 0 Å². The molecule has 0 fully saturated rings. The first-order valence-corrected chi connectivity index (χ1v) is 12.6. The Labute approximate surface area is 204 Å². The number of benzene rings is 3. The number of methoxy groups -OCH3 is 1. The molecule has 2 heterocycles. The Kier molecular flexibility index (Phi) is 5.90. The molecule has 0 N–H and O–H groups in total. The highest BCUT2D eigenvalue weighted by atomic mass is 32.2. The number of hydrogen-bond acceptors (Lipinski definition) is 6. The number of nitrogens with zero attached hydrogens (tertiary/aromatic N) is 2. The van der Waals surface area contributed by atoms with E-state index in [1.54, 1.807) is 48.5 Å². The minimum atomic E-state index is -3.82. The Morgan fingerprint density at radius 3 is 2.49 bits per heavy atom. The van der Waals surface area contributed by atoms with E-state index in [9.17, 15) is 13.2 Å². The molecule has 0 aliphatic carbocycles. The maximum absolute atomic E-state index is 13.4. The van der Waals surface area contributed by atoms with E-state index in [1.165, 1.54) is 11.4 Å². The van der Waals surface area contributed by atoms with Gasteiger partial charge in [0.25, 0.3) is 10.0 Å². The second kappa shape index (κ2) is 9.03. The quantitative estimate of drug-likeness (QED) is 0.358. The van der Waals surface area contributed by atoms with Gasteiger partial charge in [-0.3, -0.25) is 14.1 Å². The molecule has 1 atom stereocenters. The molecule has 0 saturated carbocycles. The molecule has 7 nitrogen and oxygen atoms in total. The van der Waals surface area contributed by atoms with Gasteiger partial charge in [-0.05, 0) is 55.0 Å². The molecule has 0 saturated heterocycles. The van der Waals surface area contributed by atoms with Crippen LogP contribution in [0.15, 0.2) is 83.8 Å². The molecule has 1 aromatic heterocycles. The number of esters is 1. The smallest absolute Gasteiger partial charge is 0.307 e. The first-order valence-electron chi connectivity index (χ1n) is 11.2. The molecule has 1 aliphatic heterocycles. The van der Waals surface area contributed by atoms with Crippen molar-refractivity contribution in [1.82, 2.24) is 4.98 Å². The molecular weight excluding hydrogens is 464 g/mol. The van der Waals surface area contributed by atoms with Crippen LogP contribution >= 0.6 is 0 Å². The maximum Gasteiger partial charge on any atom is 0.307 e. The van der Waals surface area contributed by atoms with Crippen molar-refractivity contribution in [2.45, 2.75) is 30.9 Å². The van der Waals surface area contributed by atoms with Crippen molar-refractivity contribution in [1.29, 1.82) is 0 Å². The van der Waals surface area contributed by atoms with Crippen LogP contribution in [-0.4, -0.2) is 26.5 Å². The lowest BCUT2D eigenvalue weighted by molar-refractivity contribution is -0.141. The summed E-state index contributed by atoms with van der Waals surface area (Å²) in [7, 11) is -2.53. The van der Waals surface area contributed by atoms with Crippen molar-refractivity contribution >= 4 is 32.6 Å². The second-order valence-corrected chi connectivity index (χ2v) is 10.1. The average molecular weight is 489 g/mol. The van der Waals surface area contributed by atoms with E-state index in [0.29, 0.717) is 23.6 Å². The number of hydrogen-bond donors (Lipinski definition) is 0. The van der Waals surface area contributed by atoms with Gasteiger partial charge in [0.1, 0.15) is 12.4 Å². The number of carbonyl (C=O) groups is 1. The number of ether oxygens (including phenoxy) is 2. The monoisotopic (exact) mass is 488 g/mol. The molecule has 5 rings (SSSR count). The first-order chi connectivity index (χ1) is 16.9. The minimum Gasteiger partial charge on any atom is -0.489 e. The summed E-state index contributed by atoms with van der Waals surface area (Å²) in [4.78, 5) is 16.9. The first kappa shape index (κ1) is 22.9. The summed E-state index contributed by atoms with van der Waals surface area (Å²) in [5.74, 6) is 0.123. The molecule has 1 aliphatic rings. The number of fused-ring (bicyclic) bond motifs is 2. The largest absolute Gasteiger partial charge is 0.489 e. The summed E-state index contributed by atoms with van der Waals surface area (Å²) in [6.45, 7) is 2.30. The zero-order valence-electron chi connectivity index (χ0n) is 19.3. The summed E-state index contributed by atoms with van der Waals surface area (Å²) in [5, 5.41) is 1.03. The molecule has 0 radical (unpaired) electrons. The number of para-hydroxylation sites is 1. The third kappa shape index (κ3) is 4.21. The van der Waals surface area contributed by atoms with E-state index in [-0.39, 0.29) is 11.3 Å². The van der Waals surface area contributed by atoms with Crippen LogP contribution in [0.3, 0.4) is 0 Å². The number of rotatable bonds is 6. The minimum absolute atomic E-state index is 0.0839. The van der Waals surface area contributed by atoms with Gasteiger partial charge in [-0.1, -0.05) is 36.4 Å². The van der Waals surface area contributed by atoms with E-state index < -0.39 is 22.0 Å². The third-order valence-electron chi connectivity index (χ3n) is 6.10. The summed E-state index contributed by atoms with van der Waals surface area (Å²) < 4.78 is 38.8. The van der Waals surface area contributed by atoms with Gasteiger partial charge in [-0.2, -0.15) is 0 Å². The number of sulfonamides is 1. The Morgan fingerprint density at radius 2 is 1.71 bits per heavy atom. The lowest BCUT2D eigenvalue weighted by Crippen LogP contribution is -2.29. The van der Waals surface area contributed by atoms with Gasteiger partial charge in [0.2, 0.25) is 0 Å². The van der Waals surface area contributed by atoms with Crippen molar-refractivity contribution in [3.8, 4) is 5.75 Å². The zero-order chi connectivity index (χ0) is 24.6. The van der Waals surface area contributed by atoms with E-state index in [2.05, 4.69) is 4.98 Å². The summed E-state index contributed by atoms with van der Waals surface area (Å²) >= 11 is 0. The molecule has 35 heavy (non-hydrogen) atoms. The van der Waals surface area contributed by atoms with Gasteiger partial charge in [0.15, 0.2) is 0 Å². The lowest BCUT2D eigenvalue weighted by atomic mass is 10.0. The van der Waals surface area contributed by atoms with Gasteiger partial charge in [0, 0.05) is 16.6 Å². The van der Waals surface area contributed by atoms with Gasteiger partial charge in [-0.15, -0.1) is 0 Å². The topological polar surface area (TPSA) is 85.8 Å². The van der Waals surface area contributed by atoms with Crippen LogP contribution < -0.4 is 9.04 Å². The fourth-order valence-electron chi connectivity index (χ4n) is 4.51. The van der Waals surface area contributed by atoms with Crippen LogP contribution in [-0.2, 0) is 26.2 Å². The Bertz CT molecular complexity index is 1520. The fraction of sp³-hybridized carbons (Fsp3) is 0.185. The SMILES string of the molecule is COC(=O)CC1c2ccccc2S(=O)(=O)N1c1ccc(OCc2cc(C)nc3ccccc23)cc1. The van der Waals surface area contributed by atoms with Crippen LogP contribution in [0, 0.1) is 6.92 Å². The molecule has 1 unspecified atom stereocenters. The molecule has 0 amide bonds. The van der Waals surface area contributed by atoms with Crippen molar-refractivity contribution in [3.05, 3.63) is 95.7 Å². The standard InChI is InChI=1S/C27H24N2O5S/c1-18-15-19(22-7-3-5-9-24(22)28-18)17-34-21-13-11-20(12-14-21)29-25(16-27(30)33-2)23-8-4-6-10-26(23)35(29,31)32/h3-15,25H,16-17H2,1-2H3. The Balaban J connectivity index is 1.42. The average Bonchev–Trinajstić information content (AvgIpc) is 3.09. The Hall–Kier alpha value is -3.91. The molecule has 178 valence electrons. The van der Waals surface area contributed by atoms with Gasteiger partial charge in [0.05, 0.1) is 35.7 Å². The van der Waals surface area contributed by atoms with Crippen molar-refractivity contribution in [3.63, 3.8) is 0 Å². The molecule has 8 heteroatoms.